The molecule has 0 aliphatic heterocycles. The van der Waals surface area contributed by atoms with Gasteiger partial charge in [0, 0.05) is 35.2 Å². The Morgan fingerprint density at radius 2 is 1.94 bits per heavy atom. The zero-order chi connectivity index (χ0) is 23.3. The van der Waals surface area contributed by atoms with Gasteiger partial charge in [0.15, 0.2) is 5.69 Å². The topological polar surface area (TPSA) is 107 Å². The first kappa shape index (κ1) is 21.2. The zero-order valence-electron chi connectivity index (χ0n) is 17.3. The average molecular weight is 470 g/mol. The first-order chi connectivity index (χ1) is 15.7. The fraction of sp³-hybridized carbons (Fsp3) is 0.273. The molecule has 1 unspecified atom stereocenters. The first-order valence-corrected chi connectivity index (χ1v) is 10.9. The first-order valence-electron chi connectivity index (χ1n) is 10.1. The van der Waals surface area contributed by atoms with Crippen molar-refractivity contribution >= 4 is 16.3 Å². The van der Waals surface area contributed by atoms with Gasteiger partial charge < -0.3 is 14.8 Å². The SMILES string of the molecule is Cn1cc(C(F)(F)F)nc1-c1ccc(-c2noc(C3CCc4sc(N)c(C#N)c4C3)n2)cc1. The van der Waals surface area contributed by atoms with Crippen molar-refractivity contribution < 1.29 is 17.7 Å². The molecule has 5 rings (SSSR count). The number of anilines is 1. The van der Waals surface area contributed by atoms with Crippen LogP contribution in [-0.2, 0) is 26.1 Å². The van der Waals surface area contributed by atoms with Crippen LogP contribution in [0.4, 0.5) is 18.2 Å². The van der Waals surface area contributed by atoms with E-state index in [1.807, 2.05) is 0 Å². The molecule has 3 heterocycles. The van der Waals surface area contributed by atoms with E-state index < -0.39 is 11.9 Å². The Hall–Kier alpha value is -3.65. The number of rotatable bonds is 3. The van der Waals surface area contributed by atoms with Crippen LogP contribution in [0.3, 0.4) is 0 Å². The number of hydrogen-bond acceptors (Lipinski definition) is 7. The van der Waals surface area contributed by atoms with Crippen LogP contribution in [0.5, 0.6) is 0 Å². The number of nitrogens with two attached hydrogens (primary N) is 1. The molecule has 0 saturated carbocycles. The Kier molecular flexibility index (Phi) is 4.97. The number of nitrogen functional groups attached to an aromatic ring is 1. The lowest BCUT2D eigenvalue weighted by molar-refractivity contribution is -0.140. The van der Waals surface area contributed by atoms with Gasteiger partial charge >= 0.3 is 6.18 Å². The van der Waals surface area contributed by atoms with Crippen molar-refractivity contribution in [1.82, 2.24) is 19.7 Å². The molecule has 0 saturated heterocycles. The van der Waals surface area contributed by atoms with Crippen molar-refractivity contribution in [1.29, 1.82) is 5.26 Å². The lowest BCUT2D eigenvalue weighted by atomic mass is 9.86. The number of imidazole rings is 1. The number of benzene rings is 1. The number of fused-ring (bicyclic) bond motifs is 1. The highest BCUT2D eigenvalue weighted by Gasteiger charge is 2.34. The molecule has 7 nitrogen and oxygen atoms in total. The van der Waals surface area contributed by atoms with Crippen molar-refractivity contribution in [2.75, 3.05) is 5.73 Å². The van der Waals surface area contributed by atoms with E-state index in [0.29, 0.717) is 39.8 Å². The van der Waals surface area contributed by atoms with Gasteiger partial charge in [0.05, 0.1) is 5.56 Å². The molecule has 11 heteroatoms. The second kappa shape index (κ2) is 7.74. The van der Waals surface area contributed by atoms with E-state index in [0.717, 1.165) is 29.5 Å². The van der Waals surface area contributed by atoms with Gasteiger partial charge in [0.1, 0.15) is 16.9 Å². The maximum atomic E-state index is 12.9. The van der Waals surface area contributed by atoms with E-state index in [2.05, 4.69) is 21.2 Å². The molecule has 1 aromatic carbocycles. The van der Waals surface area contributed by atoms with Gasteiger partial charge in [0.2, 0.25) is 11.7 Å². The fourth-order valence-electron chi connectivity index (χ4n) is 4.10. The molecule has 0 radical (unpaired) electrons. The maximum absolute atomic E-state index is 12.9. The second-order valence-electron chi connectivity index (χ2n) is 7.89. The van der Waals surface area contributed by atoms with Crippen LogP contribution < -0.4 is 5.73 Å². The van der Waals surface area contributed by atoms with E-state index in [-0.39, 0.29) is 11.7 Å². The number of alkyl halides is 3. The summed E-state index contributed by atoms with van der Waals surface area (Å²) in [5.74, 6) is 1.09. The van der Waals surface area contributed by atoms with E-state index in [4.69, 9.17) is 10.3 Å². The van der Waals surface area contributed by atoms with E-state index >= 15 is 0 Å². The van der Waals surface area contributed by atoms with Gasteiger partial charge in [-0.2, -0.15) is 23.4 Å². The van der Waals surface area contributed by atoms with Gasteiger partial charge in [-0.15, -0.1) is 11.3 Å². The smallest absolute Gasteiger partial charge is 0.389 e. The lowest BCUT2D eigenvalue weighted by Gasteiger charge is -2.18. The molecular weight excluding hydrogens is 453 g/mol. The number of aromatic nitrogens is 4. The molecule has 33 heavy (non-hydrogen) atoms. The number of halogens is 3. The van der Waals surface area contributed by atoms with Crippen molar-refractivity contribution in [2.45, 2.75) is 31.4 Å². The average Bonchev–Trinajstić information content (AvgIpc) is 3.49. The van der Waals surface area contributed by atoms with Crippen LogP contribution >= 0.6 is 11.3 Å². The number of nitrogens with zero attached hydrogens (tertiary/aromatic N) is 5. The predicted molar refractivity (Wildman–Crippen MR) is 115 cm³/mol. The maximum Gasteiger partial charge on any atom is 0.434 e. The quantitative estimate of drug-likeness (QED) is 0.454. The molecule has 0 bridgehead atoms. The number of hydrogen-bond donors (Lipinski definition) is 1. The molecule has 0 spiro atoms. The third-order valence-electron chi connectivity index (χ3n) is 5.76. The van der Waals surface area contributed by atoms with E-state index in [1.165, 1.54) is 23.0 Å². The van der Waals surface area contributed by atoms with Gasteiger partial charge in [-0.05, 0) is 24.8 Å². The molecular formula is C22H17F3N6OS. The minimum atomic E-state index is -4.50. The molecule has 1 aliphatic rings. The third-order valence-corrected chi connectivity index (χ3v) is 6.88. The Balaban J connectivity index is 1.37. The summed E-state index contributed by atoms with van der Waals surface area (Å²) in [6.45, 7) is 0. The molecule has 0 fully saturated rings. The Morgan fingerprint density at radius 3 is 2.61 bits per heavy atom. The van der Waals surface area contributed by atoms with Crippen LogP contribution in [0.2, 0.25) is 0 Å². The van der Waals surface area contributed by atoms with Gasteiger partial charge in [-0.3, -0.25) is 0 Å². The minimum Gasteiger partial charge on any atom is -0.389 e. The highest BCUT2D eigenvalue weighted by atomic mass is 32.1. The molecule has 2 N–H and O–H groups in total. The summed E-state index contributed by atoms with van der Waals surface area (Å²) in [6.07, 6.45) is -1.30. The summed E-state index contributed by atoms with van der Waals surface area (Å²) >= 11 is 1.46. The molecule has 0 amide bonds. The third kappa shape index (κ3) is 3.76. The Morgan fingerprint density at radius 1 is 1.21 bits per heavy atom. The van der Waals surface area contributed by atoms with Crippen molar-refractivity contribution in [3.05, 3.63) is 58.1 Å². The number of nitriles is 1. The molecule has 1 aliphatic carbocycles. The van der Waals surface area contributed by atoms with Gasteiger partial charge in [0.25, 0.3) is 0 Å². The monoisotopic (exact) mass is 470 g/mol. The lowest BCUT2D eigenvalue weighted by Crippen LogP contribution is -2.12. The zero-order valence-corrected chi connectivity index (χ0v) is 18.2. The van der Waals surface area contributed by atoms with Crippen LogP contribution in [0, 0.1) is 11.3 Å². The molecule has 4 aromatic rings. The van der Waals surface area contributed by atoms with Gasteiger partial charge in [-0.1, -0.05) is 29.4 Å². The second-order valence-corrected chi connectivity index (χ2v) is 9.02. The van der Waals surface area contributed by atoms with E-state index in [1.54, 1.807) is 24.3 Å². The normalized spacial score (nSPS) is 15.9. The molecule has 1 atom stereocenters. The van der Waals surface area contributed by atoms with Gasteiger partial charge in [-0.25, -0.2) is 4.98 Å². The minimum absolute atomic E-state index is 0.00696. The molecule has 168 valence electrons. The summed E-state index contributed by atoms with van der Waals surface area (Å²) < 4.78 is 45.7. The van der Waals surface area contributed by atoms with Crippen molar-refractivity contribution in [2.24, 2.45) is 7.05 Å². The van der Waals surface area contributed by atoms with Crippen LogP contribution in [0.15, 0.2) is 35.0 Å². The van der Waals surface area contributed by atoms with Crippen molar-refractivity contribution in [3.8, 4) is 28.8 Å². The highest BCUT2D eigenvalue weighted by Crippen LogP contribution is 2.41. The Bertz CT molecular complexity index is 1380. The standard InChI is InChI=1S/C22H17F3N6OS/c1-31-10-17(22(23,24)25)28-20(31)12-4-2-11(3-5-12)19-29-21(32-30-19)13-6-7-16-14(8-13)15(9-26)18(27)33-16/h2-5,10,13H,6-8,27H2,1H3. The largest absolute Gasteiger partial charge is 0.434 e. The highest BCUT2D eigenvalue weighted by molar-refractivity contribution is 7.16. The summed E-state index contributed by atoms with van der Waals surface area (Å²) in [4.78, 5) is 9.39. The fourth-order valence-corrected chi connectivity index (χ4v) is 5.16. The van der Waals surface area contributed by atoms with E-state index in [9.17, 15) is 18.4 Å². The summed E-state index contributed by atoms with van der Waals surface area (Å²) in [7, 11) is 1.52. The number of aryl methyl sites for hydroxylation is 2. The summed E-state index contributed by atoms with van der Waals surface area (Å²) in [5.41, 5.74) is 7.75. The van der Waals surface area contributed by atoms with Crippen LogP contribution in [-0.4, -0.2) is 19.7 Å². The van der Waals surface area contributed by atoms with Crippen molar-refractivity contribution in [3.63, 3.8) is 0 Å². The van der Waals surface area contributed by atoms with Crippen LogP contribution in [0.1, 0.15) is 39.9 Å². The molecule has 3 aromatic heterocycles. The number of thiophene rings is 1. The Labute approximate surface area is 190 Å². The predicted octanol–water partition coefficient (Wildman–Crippen LogP) is 4.94. The van der Waals surface area contributed by atoms with Crippen LogP contribution in [0.25, 0.3) is 22.8 Å². The summed E-state index contributed by atoms with van der Waals surface area (Å²) in [5, 5.41) is 14.0. The summed E-state index contributed by atoms with van der Waals surface area (Å²) in [6, 6.07) is 8.98.